The first-order valence-electron chi connectivity index (χ1n) is 8.83. The van der Waals surface area contributed by atoms with E-state index in [-0.39, 0.29) is 11.2 Å². The molecule has 25 heavy (non-hydrogen) atoms. The molecule has 3 aromatic rings. The fraction of sp³-hybridized carbons (Fsp3) is 0.500. The summed E-state index contributed by atoms with van der Waals surface area (Å²) in [5, 5.41) is 12.4. The third-order valence-corrected chi connectivity index (χ3v) is 7.06. The van der Waals surface area contributed by atoms with Crippen molar-refractivity contribution in [3.63, 3.8) is 0 Å². The Morgan fingerprint density at radius 3 is 2.96 bits per heavy atom. The van der Waals surface area contributed by atoms with Crippen LogP contribution in [0, 0.1) is 5.92 Å². The molecule has 0 radical (unpaired) electrons. The van der Waals surface area contributed by atoms with Gasteiger partial charge in [0.2, 0.25) is 10.9 Å². The molecule has 0 spiro atoms. The van der Waals surface area contributed by atoms with Crippen LogP contribution in [-0.2, 0) is 4.79 Å². The molecule has 3 atom stereocenters. The summed E-state index contributed by atoms with van der Waals surface area (Å²) in [6.07, 6.45) is 4.79. The minimum atomic E-state index is -0.194. The predicted molar refractivity (Wildman–Crippen MR) is 103 cm³/mol. The van der Waals surface area contributed by atoms with Crippen LogP contribution in [0.2, 0.25) is 0 Å². The molecule has 1 N–H and O–H groups in total. The van der Waals surface area contributed by atoms with Gasteiger partial charge in [0.15, 0.2) is 5.16 Å². The molecule has 1 fully saturated rings. The van der Waals surface area contributed by atoms with Crippen molar-refractivity contribution in [3.8, 4) is 0 Å². The molecule has 1 aliphatic carbocycles. The molecule has 2 aromatic heterocycles. The number of benzene rings is 1. The third kappa shape index (κ3) is 3.27. The van der Waals surface area contributed by atoms with Crippen molar-refractivity contribution in [1.82, 2.24) is 19.9 Å². The fourth-order valence-electron chi connectivity index (χ4n) is 3.47. The Morgan fingerprint density at radius 2 is 2.12 bits per heavy atom. The first-order chi connectivity index (χ1) is 12.1. The van der Waals surface area contributed by atoms with Crippen LogP contribution in [0.15, 0.2) is 29.4 Å². The van der Waals surface area contributed by atoms with Gasteiger partial charge < -0.3 is 5.32 Å². The number of thiazole rings is 1. The zero-order valence-corrected chi connectivity index (χ0v) is 16.1. The van der Waals surface area contributed by atoms with Crippen LogP contribution in [0.3, 0.4) is 0 Å². The van der Waals surface area contributed by atoms with Crippen molar-refractivity contribution >= 4 is 44.2 Å². The number of rotatable bonds is 4. The van der Waals surface area contributed by atoms with Gasteiger partial charge in [-0.05, 0) is 37.8 Å². The van der Waals surface area contributed by atoms with Gasteiger partial charge in [-0.15, -0.1) is 10.2 Å². The molecular weight excluding hydrogens is 352 g/mol. The Labute approximate surface area is 155 Å². The molecule has 5 nitrogen and oxygen atoms in total. The average Bonchev–Trinajstić information content (AvgIpc) is 3.16. The second-order valence-electron chi connectivity index (χ2n) is 6.81. The van der Waals surface area contributed by atoms with E-state index in [1.807, 2.05) is 19.1 Å². The van der Waals surface area contributed by atoms with E-state index in [0.29, 0.717) is 12.0 Å². The number of fused-ring (bicyclic) bond motifs is 3. The summed E-state index contributed by atoms with van der Waals surface area (Å²) >= 11 is 3.10. The van der Waals surface area contributed by atoms with Crippen molar-refractivity contribution in [1.29, 1.82) is 0 Å². The molecule has 1 aliphatic rings. The highest BCUT2D eigenvalue weighted by Gasteiger charge is 2.26. The highest BCUT2D eigenvalue weighted by molar-refractivity contribution is 8.00. The van der Waals surface area contributed by atoms with E-state index in [0.717, 1.165) is 22.1 Å². The maximum atomic E-state index is 12.6. The van der Waals surface area contributed by atoms with Crippen molar-refractivity contribution in [2.75, 3.05) is 0 Å². The fourth-order valence-corrected chi connectivity index (χ4v) is 5.37. The molecule has 1 saturated carbocycles. The number of thioether (sulfide) groups is 1. The molecule has 0 saturated heterocycles. The van der Waals surface area contributed by atoms with E-state index >= 15 is 0 Å². The molecule has 1 amide bonds. The minimum Gasteiger partial charge on any atom is -0.352 e. The third-order valence-electron chi connectivity index (χ3n) is 5.00. The molecule has 2 heterocycles. The van der Waals surface area contributed by atoms with Crippen molar-refractivity contribution in [2.24, 2.45) is 5.92 Å². The summed E-state index contributed by atoms with van der Waals surface area (Å²) in [6, 6.07) is 8.51. The molecular formula is C18H22N4OS2. The minimum absolute atomic E-state index is 0.0973. The number of para-hydroxylation sites is 1. The number of amides is 1. The van der Waals surface area contributed by atoms with Gasteiger partial charge in [-0.2, -0.15) is 0 Å². The van der Waals surface area contributed by atoms with Crippen LogP contribution in [0.25, 0.3) is 15.2 Å². The van der Waals surface area contributed by atoms with Crippen molar-refractivity contribution in [3.05, 3.63) is 24.3 Å². The summed E-state index contributed by atoms with van der Waals surface area (Å²) in [7, 11) is 0. The lowest BCUT2D eigenvalue weighted by molar-refractivity contribution is -0.121. The van der Waals surface area contributed by atoms with Crippen LogP contribution in [0.5, 0.6) is 0 Å². The molecule has 4 rings (SSSR count). The van der Waals surface area contributed by atoms with Gasteiger partial charge in [0.05, 0.1) is 15.5 Å². The molecule has 0 bridgehead atoms. The van der Waals surface area contributed by atoms with E-state index < -0.39 is 0 Å². The number of hydrogen-bond acceptors (Lipinski definition) is 5. The number of nitrogens with zero attached hydrogens (tertiary/aromatic N) is 3. The number of carbonyl (C=O) groups excluding carboxylic acids is 1. The zero-order valence-electron chi connectivity index (χ0n) is 14.4. The standard InChI is InChI=1S/C18H22N4OS2/c1-11-7-3-4-8-13(11)19-16(23)12(2)24-17-20-21-18-22(17)14-9-5-6-10-15(14)25-18/h5-6,9-13H,3-4,7-8H2,1-2H3,(H,19,23)/t11-,12-,13-/m0/s1. The number of nitrogens with one attached hydrogen (secondary N) is 1. The molecule has 0 unspecified atom stereocenters. The highest BCUT2D eigenvalue weighted by atomic mass is 32.2. The van der Waals surface area contributed by atoms with Crippen LogP contribution in [-0.4, -0.2) is 31.8 Å². The van der Waals surface area contributed by atoms with E-state index in [4.69, 9.17) is 0 Å². The smallest absolute Gasteiger partial charge is 0.233 e. The van der Waals surface area contributed by atoms with Gasteiger partial charge in [0.25, 0.3) is 0 Å². The number of hydrogen-bond donors (Lipinski definition) is 1. The summed E-state index contributed by atoms with van der Waals surface area (Å²) in [6.45, 7) is 4.19. The van der Waals surface area contributed by atoms with Gasteiger partial charge in [0, 0.05) is 6.04 Å². The molecule has 7 heteroatoms. The lowest BCUT2D eigenvalue weighted by Crippen LogP contribution is -2.44. The second-order valence-corrected chi connectivity index (χ2v) is 9.12. The van der Waals surface area contributed by atoms with Gasteiger partial charge in [-0.3, -0.25) is 9.20 Å². The first kappa shape index (κ1) is 16.8. The first-order valence-corrected chi connectivity index (χ1v) is 10.5. The summed E-state index contributed by atoms with van der Waals surface area (Å²) in [5.74, 6) is 0.663. The van der Waals surface area contributed by atoms with Crippen molar-refractivity contribution in [2.45, 2.75) is 56.0 Å². The molecule has 132 valence electrons. The van der Waals surface area contributed by atoms with E-state index in [9.17, 15) is 4.79 Å². The van der Waals surface area contributed by atoms with Gasteiger partial charge in [0.1, 0.15) is 0 Å². The highest BCUT2D eigenvalue weighted by Crippen LogP contribution is 2.31. The predicted octanol–water partition coefficient (Wildman–Crippen LogP) is 4.12. The lowest BCUT2D eigenvalue weighted by Gasteiger charge is -2.30. The van der Waals surface area contributed by atoms with Crippen LogP contribution < -0.4 is 5.32 Å². The summed E-state index contributed by atoms with van der Waals surface area (Å²) < 4.78 is 3.24. The molecule has 1 aromatic carbocycles. The Morgan fingerprint density at radius 1 is 1.32 bits per heavy atom. The van der Waals surface area contributed by atoms with E-state index in [1.54, 1.807) is 11.3 Å². The number of carbonyl (C=O) groups is 1. The maximum Gasteiger partial charge on any atom is 0.233 e. The Bertz CT molecular complexity index is 903. The average molecular weight is 375 g/mol. The van der Waals surface area contributed by atoms with Gasteiger partial charge >= 0.3 is 0 Å². The van der Waals surface area contributed by atoms with E-state index in [1.165, 1.54) is 35.7 Å². The van der Waals surface area contributed by atoms with Crippen LogP contribution in [0.1, 0.15) is 39.5 Å². The van der Waals surface area contributed by atoms with Crippen molar-refractivity contribution < 1.29 is 4.79 Å². The maximum absolute atomic E-state index is 12.6. The Kier molecular flexibility index (Phi) is 4.69. The summed E-state index contributed by atoms with van der Waals surface area (Å²) in [5.41, 5.74) is 1.10. The van der Waals surface area contributed by atoms with Crippen LogP contribution in [0.4, 0.5) is 0 Å². The quantitative estimate of drug-likeness (QED) is 0.698. The largest absolute Gasteiger partial charge is 0.352 e. The van der Waals surface area contributed by atoms with Crippen LogP contribution >= 0.6 is 23.1 Å². The van der Waals surface area contributed by atoms with Gasteiger partial charge in [-0.25, -0.2) is 0 Å². The zero-order chi connectivity index (χ0) is 17.4. The second kappa shape index (κ2) is 6.96. The molecule has 0 aliphatic heterocycles. The Balaban J connectivity index is 1.51. The normalized spacial score (nSPS) is 22.3. The van der Waals surface area contributed by atoms with Gasteiger partial charge in [-0.1, -0.05) is 55.0 Å². The monoisotopic (exact) mass is 374 g/mol. The Hall–Kier alpha value is -1.60. The topological polar surface area (TPSA) is 59.3 Å². The summed E-state index contributed by atoms with van der Waals surface area (Å²) in [4.78, 5) is 13.5. The van der Waals surface area contributed by atoms with E-state index in [2.05, 4.69) is 39.0 Å². The SMILES string of the molecule is C[C@H](Sc1nnc2sc3ccccc3n12)C(=O)N[C@H]1CCCC[C@@H]1C. The lowest BCUT2D eigenvalue weighted by atomic mass is 9.86. The number of aromatic nitrogens is 3.